The zero-order chi connectivity index (χ0) is 17.2. The molecular formula is C13H20N4O5. The van der Waals surface area contributed by atoms with Crippen molar-refractivity contribution < 1.29 is 24.0 Å². The number of hydrogen-bond donors (Lipinski definition) is 2. The molecule has 0 bridgehead atoms. The van der Waals surface area contributed by atoms with Gasteiger partial charge in [0.25, 0.3) is 0 Å². The van der Waals surface area contributed by atoms with Crippen molar-refractivity contribution in [3.05, 3.63) is 0 Å². The first-order valence-corrected chi connectivity index (χ1v) is 6.75. The van der Waals surface area contributed by atoms with Gasteiger partial charge in [-0.15, -0.1) is 0 Å². The van der Waals surface area contributed by atoms with E-state index in [1.54, 1.807) is 34.6 Å². The summed E-state index contributed by atoms with van der Waals surface area (Å²) in [6, 6.07) is -2.11. The Morgan fingerprint density at radius 1 is 1.09 bits per heavy atom. The molecule has 0 aliphatic carbocycles. The van der Waals surface area contributed by atoms with Crippen molar-refractivity contribution in [2.75, 3.05) is 6.54 Å². The molecule has 122 valence electrons. The van der Waals surface area contributed by atoms with E-state index in [-0.39, 0.29) is 0 Å². The molecule has 0 atom stereocenters. The predicted molar refractivity (Wildman–Crippen MR) is 75.5 cm³/mol. The highest BCUT2D eigenvalue weighted by atomic mass is 16.2. The van der Waals surface area contributed by atoms with Gasteiger partial charge in [-0.1, -0.05) is 0 Å². The van der Waals surface area contributed by atoms with E-state index in [2.05, 4.69) is 5.32 Å². The average Bonchev–Trinajstić information content (AvgIpc) is 2.50. The average molecular weight is 312 g/mol. The highest BCUT2D eigenvalue weighted by Gasteiger charge is 2.46. The molecule has 22 heavy (non-hydrogen) atoms. The van der Waals surface area contributed by atoms with Crippen LogP contribution in [-0.2, 0) is 14.4 Å². The van der Waals surface area contributed by atoms with Crippen molar-refractivity contribution in [3.63, 3.8) is 0 Å². The van der Waals surface area contributed by atoms with E-state index in [4.69, 9.17) is 0 Å². The fourth-order valence-corrected chi connectivity index (χ4v) is 1.80. The molecule has 0 unspecified atom stereocenters. The van der Waals surface area contributed by atoms with Gasteiger partial charge >= 0.3 is 23.9 Å². The minimum atomic E-state index is -1.08. The van der Waals surface area contributed by atoms with Gasteiger partial charge < -0.3 is 5.32 Å². The maximum atomic E-state index is 11.9. The van der Waals surface area contributed by atoms with Crippen LogP contribution in [0.2, 0.25) is 0 Å². The van der Waals surface area contributed by atoms with Gasteiger partial charge in [-0.3, -0.25) is 24.6 Å². The van der Waals surface area contributed by atoms with Gasteiger partial charge in [0.1, 0.15) is 6.54 Å². The van der Waals surface area contributed by atoms with Crippen LogP contribution in [0.15, 0.2) is 0 Å². The van der Waals surface area contributed by atoms with Gasteiger partial charge in [-0.2, -0.15) is 0 Å². The fourth-order valence-electron chi connectivity index (χ4n) is 1.80. The molecule has 0 aromatic rings. The highest BCUT2D eigenvalue weighted by Crippen LogP contribution is 2.14. The summed E-state index contributed by atoms with van der Waals surface area (Å²) in [6.45, 7) is 7.63. The zero-order valence-electron chi connectivity index (χ0n) is 13.2. The van der Waals surface area contributed by atoms with Gasteiger partial charge in [-0.25, -0.2) is 14.5 Å². The number of rotatable bonds is 3. The van der Waals surface area contributed by atoms with Crippen LogP contribution in [-0.4, -0.2) is 57.7 Å². The van der Waals surface area contributed by atoms with Gasteiger partial charge in [0.15, 0.2) is 0 Å². The lowest BCUT2D eigenvalue weighted by Gasteiger charge is -2.21. The number of urea groups is 2. The fraction of sp³-hybridized carbons (Fsp3) is 0.615. The van der Waals surface area contributed by atoms with Crippen LogP contribution >= 0.6 is 0 Å². The molecule has 0 aromatic carbocycles. The number of nitrogens with one attached hydrogen (secondary N) is 2. The molecule has 9 heteroatoms. The largest absolute Gasteiger partial charge is 0.334 e. The van der Waals surface area contributed by atoms with E-state index in [0.717, 1.165) is 4.90 Å². The van der Waals surface area contributed by atoms with E-state index in [1.165, 1.54) is 0 Å². The molecule has 1 fully saturated rings. The Morgan fingerprint density at radius 2 is 1.64 bits per heavy atom. The van der Waals surface area contributed by atoms with Crippen LogP contribution in [0.1, 0.15) is 34.6 Å². The van der Waals surface area contributed by atoms with E-state index < -0.39 is 47.9 Å². The Hall–Kier alpha value is -2.45. The third kappa shape index (κ3) is 4.03. The van der Waals surface area contributed by atoms with Gasteiger partial charge in [0.05, 0.1) is 0 Å². The molecule has 1 aliphatic rings. The Kier molecular flexibility index (Phi) is 4.90. The molecule has 1 saturated heterocycles. The lowest BCUT2D eigenvalue weighted by atomic mass is 10.1. The topological polar surface area (TPSA) is 116 Å². The van der Waals surface area contributed by atoms with Crippen LogP contribution in [0.3, 0.4) is 0 Å². The Bertz CT molecular complexity index is 535. The van der Waals surface area contributed by atoms with Crippen molar-refractivity contribution in [1.29, 1.82) is 0 Å². The van der Waals surface area contributed by atoms with E-state index in [9.17, 15) is 24.0 Å². The molecule has 1 aliphatic heterocycles. The smallest absolute Gasteiger partial charge is 0.333 e. The van der Waals surface area contributed by atoms with Gasteiger partial charge in [0.2, 0.25) is 5.91 Å². The van der Waals surface area contributed by atoms with E-state index >= 15 is 0 Å². The molecule has 1 rings (SSSR count). The molecule has 1 heterocycles. The Labute approximate surface area is 128 Å². The third-order valence-electron chi connectivity index (χ3n) is 2.64. The first-order chi connectivity index (χ1) is 9.94. The summed E-state index contributed by atoms with van der Waals surface area (Å²) in [5.41, 5.74) is -0.548. The van der Waals surface area contributed by atoms with Crippen LogP contribution < -0.4 is 10.6 Å². The summed E-state index contributed by atoms with van der Waals surface area (Å²) in [5, 5.41) is 4.49. The first kappa shape index (κ1) is 17.6. The normalized spacial score (nSPS) is 15.6. The van der Waals surface area contributed by atoms with E-state index in [1.807, 2.05) is 5.32 Å². The number of hydrogen-bond acceptors (Lipinski definition) is 5. The summed E-state index contributed by atoms with van der Waals surface area (Å²) >= 11 is 0. The lowest BCUT2D eigenvalue weighted by Crippen LogP contribution is -2.51. The minimum Gasteiger partial charge on any atom is -0.333 e. The second-order valence-corrected chi connectivity index (χ2v) is 6.20. The minimum absolute atomic E-state index is 0.499. The van der Waals surface area contributed by atoms with Gasteiger partial charge in [-0.05, 0) is 34.6 Å². The second kappa shape index (κ2) is 6.12. The molecular weight excluding hydrogens is 292 g/mol. The number of amides is 7. The van der Waals surface area contributed by atoms with Crippen molar-refractivity contribution in [2.45, 2.75) is 46.2 Å². The summed E-state index contributed by atoms with van der Waals surface area (Å²) < 4.78 is 0. The third-order valence-corrected chi connectivity index (χ3v) is 2.64. The second-order valence-electron chi connectivity index (χ2n) is 6.20. The first-order valence-electron chi connectivity index (χ1n) is 6.75. The van der Waals surface area contributed by atoms with E-state index in [0.29, 0.717) is 4.90 Å². The van der Waals surface area contributed by atoms with Crippen molar-refractivity contribution in [2.24, 2.45) is 0 Å². The number of carbonyl (C=O) groups is 5. The highest BCUT2D eigenvalue weighted by molar-refractivity contribution is 6.45. The number of carbonyl (C=O) groups excluding carboxylic acids is 5. The molecule has 0 radical (unpaired) electrons. The number of imide groups is 3. The molecule has 9 nitrogen and oxygen atoms in total. The Balaban J connectivity index is 2.69. The summed E-state index contributed by atoms with van der Waals surface area (Å²) in [7, 11) is 0. The molecule has 0 aromatic heterocycles. The standard InChI is InChI=1S/C13H20N4O5/c1-7(2)17-10(20)9(19)16(12(17)22)6-8(18)14-11(21)15-13(3,4)5/h7H,6H2,1-5H3,(H2,14,15,18,21). The SMILES string of the molecule is CC(C)N1C(=O)C(=O)N(CC(=O)NC(=O)NC(C)(C)C)C1=O. The molecule has 2 N–H and O–H groups in total. The van der Waals surface area contributed by atoms with Crippen LogP contribution in [0, 0.1) is 0 Å². The monoisotopic (exact) mass is 312 g/mol. The molecule has 0 saturated carbocycles. The van der Waals surface area contributed by atoms with Crippen molar-refractivity contribution in [3.8, 4) is 0 Å². The Morgan fingerprint density at radius 3 is 2.05 bits per heavy atom. The number of nitrogens with zero attached hydrogens (tertiary/aromatic N) is 2. The van der Waals surface area contributed by atoms with Gasteiger partial charge in [0, 0.05) is 11.6 Å². The van der Waals surface area contributed by atoms with Crippen LogP contribution in [0.5, 0.6) is 0 Å². The quantitative estimate of drug-likeness (QED) is 0.553. The van der Waals surface area contributed by atoms with Crippen LogP contribution in [0.4, 0.5) is 9.59 Å². The van der Waals surface area contributed by atoms with Crippen LogP contribution in [0.25, 0.3) is 0 Å². The summed E-state index contributed by atoms with van der Waals surface area (Å²) in [6.07, 6.45) is 0. The maximum Gasteiger partial charge on any atom is 0.334 e. The molecule has 0 spiro atoms. The summed E-state index contributed by atoms with van der Waals surface area (Å²) in [5.74, 6) is -2.92. The lowest BCUT2D eigenvalue weighted by molar-refractivity contribution is -0.144. The maximum absolute atomic E-state index is 11.9. The zero-order valence-corrected chi connectivity index (χ0v) is 13.2. The molecule has 7 amide bonds. The van der Waals surface area contributed by atoms with Crippen molar-refractivity contribution in [1.82, 2.24) is 20.4 Å². The summed E-state index contributed by atoms with van der Waals surface area (Å²) in [4.78, 5) is 59.9. The van der Waals surface area contributed by atoms with Crippen molar-refractivity contribution >= 4 is 29.8 Å². The predicted octanol–water partition coefficient (Wildman–Crippen LogP) is -0.190.